The van der Waals surface area contributed by atoms with Crippen molar-refractivity contribution in [3.8, 4) is 0 Å². The van der Waals surface area contributed by atoms with Gasteiger partial charge in [-0.05, 0) is 19.9 Å². The van der Waals surface area contributed by atoms with E-state index in [1.165, 1.54) is 5.69 Å². The number of aromatic nitrogens is 4. The molecule has 0 aliphatic carbocycles. The number of aryl methyl sites for hydroxylation is 3. The van der Waals surface area contributed by atoms with Crippen LogP contribution < -0.4 is 0 Å². The number of rotatable bonds is 4. The van der Waals surface area contributed by atoms with Gasteiger partial charge in [0.25, 0.3) is 0 Å². The van der Waals surface area contributed by atoms with E-state index in [1.807, 2.05) is 13.8 Å². The van der Waals surface area contributed by atoms with Gasteiger partial charge >= 0.3 is 0 Å². The molecule has 2 aromatic heterocycles. The normalized spacial score (nSPS) is 16.8. The third kappa shape index (κ3) is 2.40. The van der Waals surface area contributed by atoms with Crippen LogP contribution in [-0.2, 0) is 13.0 Å². The van der Waals surface area contributed by atoms with Crippen molar-refractivity contribution < 1.29 is 4.42 Å². The molecular weight excluding hydrogens is 242 g/mol. The highest BCUT2D eigenvalue weighted by Crippen LogP contribution is 2.24. The summed E-state index contributed by atoms with van der Waals surface area (Å²) in [5.41, 5.74) is 2.31. The minimum Gasteiger partial charge on any atom is -0.424 e. The standard InChI is InChI=1S/C13H19N5O/c1-4-12-14-15-13(19-12)8-17-6-11(7-17)18-10(3)5-9(2)16-18/h5,11H,4,6-8H2,1-3H3. The lowest BCUT2D eigenvalue weighted by Crippen LogP contribution is -2.47. The predicted molar refractivity (Wildman–Crippen MR) is 69.7 cm³/mol. The highest BCUT2D eigenvalue weighted by molar-refractivity contribution is 5.09. The summed E-state index contributed by atoms with van der Waals surface area (Å²) in [6.07, 6.45) is 0.793. The van der Waals surface area contributed by atoms with E-state index in [9.17, 15) is 0 Å². The lowest BCUT2D eigenvalue weighted by Gasteiger charge is -2.38. The summed E-state index contributed by atoms with van der Waals surface area (Å²) in [5.74, 6) is 1.43. The van der Waals surface area contributed by atoms with Crippen molar-refractivity contribution in [3.63, 3.8) is 0 Å². The zero-order valence-corrected chi connectivity index (χ0v) is 11.6. The van der Waals surface area contributed by atoms with E-state index < -0.39 is 0 Å². The van der Waals surface area contributed by atoms with Crippen LogP contribution in [0, 0.1) is 13.8 Å². The monoisotopic (exact) mass is 261 g/mol. The van der Waals surface area contributed by atoms with Crippen molar-refractivity contribution in [3.05, 3.63) is 29.2 Å². The molecule has 0 N–H and O–H groups in total. The van der Waals surface area contributed by atoms with Crippen molar-refractivity contribution in [2.24, 2.45) is 0 Å². The topological polar surface area (TPSA) is 60.0 Å². The first-order valence-electron chi connectivity index (χ1n) is 6.72. The van der Waals surface area contributed by atoms with E-state index in [2.05, 4.69) is 37.9 Å². The van der Waals surface area contributed by atoms with Crippen molar-refractivity contribution >= 4 is 0 Å². The van der Waals surface area contributed by atoms with Gasteiger partial charge in [-0.1, -0.05) is 6.92 Å². The summed E-state index contributed by atoms with van der Waals surface area (Å²) in [4.78, 5) is 2.30. The van der Waals surface area contributed by atoms with Crippen LogP contribution in [0.2, 0.25) is 0 Å². The minimum absolute atomic E-state index is 0.474. The Morgan fingerprint density at radius 1 is 1.26 bits per heavy atom. The number of hydrogen-bond donors (Lipinski definition) is 0. The van der Waals surface area contributed by atoms with Gasteiger partial charge in [0.15, 0.2) is 0 Å². The second kappa shape index (κ2) is 4.77. The molecule has 0 aromatic carbocycles. The average molecular weight is 261 g/mol. The minimum atomic E-state index is 0.474. The first-order valence-corrected chi connectivity index (χ1v) is 6.72. The van der Waals surface area contributed by atoms with Gasteiger partial charge < -0.3 is 4.42 Å². The van der Waals surface area contributed by atoms with Crippen LogP contribution in [0.4, 0.5) is 0 Å². The molecule has 0 saturated carbocycles. The molecule has 3 heterocycles. The quantitative estimate of drug-likeness (QED) is 0.834. The molecule has 102 valence electrons. The molecule has 0 bridgehead atoms. The first kappa shape index (κ1) is 12.3. The van der Waals surface area contributed by atoms with Crippen LogP contribution in [0.25, 0.3) is 0 Å². The Kier molecular flexibility index (Phi) is 3.10. The van der Waals surface area contributed by atoms with E-state index in [0.29, 0.717) is 17.8 Å². The van der Waals surface area contributed by atoms with Crippen LogP contribution in [0.15, 0.2) is 10.5 Å². The number of likely N-dealkylation sites (tertiary alicyclic amines) is 1. The molecule has 0 spiro atoms. The van der Waals surface area contributed by atoms with Gasteiger partial charge in [0.1, 0.15) is 0 Å². The summed E-state index contributed by atoms with van der Waals surface area (Å²) in [7, 11) is 0. The molecule has 1 saturated heterocycles. The van der Waals surface area contributed by atoms with E-state index in [-0.39, 0.29) is 0 Å². The van der Waals surface area contributed by atoms with Crippen molar-refractivity contribution in [2.75, 3.05) is 13.1 Å². The molecular formula is C13H19N5O. The van der Waals surface area contributed by atoms with Gasteiger partial charge in [0.2, 0.25) is 11.8 Å². The molecule has 0 amide bonds. The maximum atomic E-state index is 5.52. The third-order valence-electron chi connectivity index (χ3n) is 3.50. The van der Waals surface area contributed by atoms with Gasteiger partial charge in [-0.2, -0.15) is 5.10 Å². The number of nitrogens with zero attached hydrogens (tertiary/aromatic N) is 5. The SMILES string of the molecule is CCc1nnc(CN2CC(n3nc(C)cc3C)C2)o1. The summed E-state index contributed by atoms with van der Waals surface area (Å²) < 4.78 is 7.64. The molecule has 2 aromatic rings. The van der Waals surface area contributed by atoms with E-state index >= 15 is 0 Å². The van der Waals surface area contributed by atoms with Crippen molar-refractivity contribution in [1.29, 1.82) is 0 Å². The fourth-order valence-corrected chi connectivity index (χ4v) is 2.53. The van der Waals surface area contributed by atoms with Gasteiger partial charge in [-0.15, -0.1) is 10.2 Å². The molecule has 1 aliphatic rings. The van der Waals surface area contributed by atoms with Gasteiger partial charge in [0, 0.05) is 25.2 Å². The van der Waals surface area contributed by atoms with Gasteiger partial charge in [-0.3, -0.25) is 9.58 Å². The number of hydrogen-bond acceptors (Lipinski definition) is 5. The Balaban J connectivity index is 1.56. The fourth-order valence-electron chi connectivity index (χ4n) is 2.53. The second-order valence-corrected chi connectivity index (χ2v) is 5.16. The molecule has 19 heavy (non-hydrogen) atoms. The van der Waals surface area contributed by atoms with E-state index in [1.54, 1.807) is 0 Å². The highest BCUT2D eigenvalue weighted by atomic mass is 16.4. The Bertz CT molecular complexity index is 567. The van der Waals surface area contributed by atoms with Gasteiger partial charge in [0.05, 0.1) is 18.3 Å². The Hall–Kier alpha value is -1.69. The fraction of sp³-hybridized carbons (Fsp3) is 0.615. The van der Waals surface area contributed by atoms with E-state index in [0.717, 1.165) is 31.7 Å². The van der Waals surface area contributed by atoms with Crippen LogP contribution in [-0.4, -0.2) is 38.0 Å². The lowest BCUT2D eigenvalue weighted by atomic mass is 10.1. The zero-order chi connectivity index (χ0) is 13.4. The zero-order valence-electron chi connectivity index (χ0n) is 11.6. The van der Waals surface area contributed by atoms with Crippen LogP contribution in [0.1, 0.15) is 36.1 Å². The van der Waals surface area contributed by atoms with Crippen LogP contribution >= 0.6 is 0 Å². The van der Waals surface area contributed by atoms with Crippen LogP contribution in [0.3, 0.4) is 0 Å². The summed E-state index contributed by atoms with van der Waals surface area (Å²) in [6.45, 7) is 8.87. The largest absolute Gasteiger partial charge is 0.424 e. The summed E-state index contributed by atoms with van der Waals surface area (Å²) in [6, 6.07) is 2.59. The van der Waals surface area contributed by atoms with Crippen molar-refractivity contribution in [2.45, 2.75) is 39.8 Å². The Morgan fingerprint density at radius 3 is 2.58 bits per heavy atom. The maximum absolute atomic E-state index is 5.52. The second-order valence-electron chi connectivity index (χ2n) is 5.16. The third-order valence-corrected chi connectivity index (χ3v) is 3.50. The molecule has 0 unspecified atom stereocenters. The smallest absolute Gasteiger partial charge is 0.230 e. The lowest BCUT2D eigenvalue weighted by molar-refractivity contribution is 0.0797. The molecule has 6 heteroatoms. The summed E-state index contributed by atoms with van der Waals surface area (Å²) in [5, 5.41) is 12.6. The predicted octanol–water partition coefficient (Wildman–Crippen LogP) is 1.50. The maximum Gasteiger partial charge on any atom is 0.230 e. The average Bonchev–Trinajstić information content (AvgIpc) is 2.90. The molecule has 0 radical (unpaired) electrons. The Morgan fingerprint density at radius 2 is 2.00 bits per heavy atom. The molecule has 1 fully saturated rings. The Labute approximate surface area is 112 Å². The van der Waals surface area contributed by atoms with Gasteiger partial charge in [-0.25, -0.2) is 0 Å². The van der Waals surface area contributed by atoms with Crippen LogP contribution in [0.5, 0.6) is 0 Å². The molecule has 6 nitrogen and oxygen atoms in total. The summed E-state index contributed by atoms with van der Waals surface area (Å²) >= 11 is 0. The van der Waals surface area contributed by atoms with E-state index in [4.69, 9.17) is 4.42 Å². The van der Waals surface area contributed by atoms with Crippen molar-refractivity contribution in [1.82, 2.24) is 24.9 Å². The first-order chi connectivity index (χ1) is 9.15. The molecule has 1 aliphatic heterocycles. The molecule has 3 rings (SSSR count). The highest BCUT2D eigenvalue weighted by Gasteiger charge is 2.30. The molecule has 0 atom stereocenters.